The second kappa shape index (κ2) is 9.17. The van der Waals surface area contributed by atoms with Crippen LogP contribution in [0.3, 0.4) is 0 Å². The first kappa shape index (κ1) is 21.0. The van der Waals surface area contributed by atoms with E-state index in [9.17, 15) is 4.79 Å². The summed E-state index contributed by atoms with van der Waals surface area (Å²) in [6.07, 6.45) is 6.32. The molecule has 4 rings (SSSR count). The monoisotopic (exact) mass is 496 g/mol. The normalized spacial score (nSPS) is 10.8. The fourth-order valence-corrected chi connectivity index (χ4v) is 5.24. The highest BCUT2D eigenvalue weighted by molar-refractivity contribution is 9.11. The van der Waals surface area contributed by atoms with Gasteiger partial charge in [0.25, 0.3) is 5.91 Å². The molecule has 0 bridgehead atoms. The van der Waals surface area contributed by atoms with Crippen LogP contribution in [-0.2, 0) is 6.54 Å². The van der Waals surface area contributed by atoms with E-state index in [2.05, 4.69) is 33.9 Å². The number of anilines is 1. The molecule has 0 unspecified atom stereocenters. The van der Waals surface area contributed by atoms with Crippen molar-refractivity contribution in [1.82, 2.24) is 14.5 Å². The molecule has 146 valence electrons. The van der Waals surface area contributed by atoms with Crippen LogP contribution in [0.1, 0.15) is 21.7 Å². The highest BCUT2D eigenvalue weighted by Crippen LogP contribution is 2.32. The van der Waals surface area contributed by atoms with Crippen LogP contribution in [0.5, 0.6) is 0 Å². The summed E-state index contributed by atoms with van der Waals surface area (Å²) in [4.78, 5) is 24.5. The van der Waals surface area contributed by atoms with Crippen LogP contribution in [0, 0.1) is 6.92 Å². The van der Waals surface area contributed by atoms with E-state index < -0.39 is 0 Å². The fraction of sp³-hybridized carbons (Fsp3) is 0.211. The van der Waals surface area contributed by atoms with Gasteiger partial charge in [0.15, 0.2) is 5.13 Å². The molecule has 0 spiro atoms. The third-order valence-electron chi connectivity index (χ3n) is 4.15. The number of fused-ring (bicyclic) bond motifs is 1. The van der Waals surface area contributed by atoms with Crippen molar-refractivity contribution in [3.63, 3.8) is 0 Å². The first-order valence-corrected chi connectivity index (χ1v) is 10.9. The van der Waals surface area contributed by atoms with Crippen molar-refractivity contribution in [3.8, 4) is 0 Å². The molecule has 0 aliphatic heterocycles. The Bertz CT molecular complexity index is 1080. The van der Waals surface area contributed by atoms with Gasteiger partial charge in [-0.3, -0.25) is 9.69 Å². The van der Waals surface area contributed by atoms with E-state index in [4.69, 9.17) is 4.98 Å². The maximum absolute atomic E-state index is 13.2. The average Bonchev–Trinajstić information content (AvgIpc) is 3.38. The van der Waals surface area contributed by atoms with Crippen molar-refractivity contribution < 1.29 is 4.79 Å². The minimum absolute atomic E-state index is 0. The predicted octanol–water partition coefficient (Wildman–Crippen LogP) is 5.78. The summed E-state index contributed by atoms with van der Waals surface area (Å²) in [5.74, 6) is -0.00731. The number of hydrogen-bond donors (Lipinski definition) is 0. The fourth-order valence-electron chi connectivity index (χ4n) is 2.81. The summed E-state index contributed by atoms with van der Waals surface area (Å²) in [7, 11) is 0. The second-order valence-corrected chi connectivity index (χ2v) is 9.65. The van der Waals surface area contributed by atoms with Crippen LogP contribution in [0.4, 0.5) is 5.13 Å². The molecule has 1 amide bonds. The van der Waals surface area contributed by atoms with E-state index in [1.165, 1.54) is 16.9 Å². The Labute approximate surface area is 185 Å². The van der Waals surface area contributed by atoms with Crippen molar-refractivity contribution in [2.24, 2.45) is 0 Å². The molecule has 4 aromatic rings. The van der Waals surface area contributed by atoms with Gasteiger partial charge in [-0.2, -0.15) is 0 Å². The van der Waals surface area contributed by atoms with Gasteiger partial charge < -0.3 is 4.57 Å². The summed E-state index contributed by atoms with van der Waals surface area (Å²) < 4.78 is 4.07. The van der Waals surface area contributed by atoms with Crippen molar-refractivity contribution in [3.05, 3.63) is 63.3 Å². The molecule has 0 N–H and O–H groups in total. The Balaban J connectivity index is 0.00000225. The summed E-state index contributed by atoms with van der Waals surface area (Å²) in [5.41, 5.74) is 2.12. The van der Waals surface area contributed by atoms with E-state index in [0.717, 1.165) is 32.1 Å². The molecular formula is C19H18BrClN4OS2. The molecular weight excluding hydrogens is 480 g/mol. The summed E-state index contributed by atoms with van der Waals surface area (Å²) in [6, 6.07) is 9.95. The number of carbonyl (C=O) groups is 1. The van der Waals surface area contributed by atoms with Gasteiger partial charge in [0.05, 0.1) is 25.2 Å². The first-order chi connectivity index (χ1) is 13.1. The number of thiophene rings is 1. The Morgan fingerprint density at radius 1 is 1.25 bits per heavy atom. The molecule has 3 heterocycles. The number of nitrogens with zero attached hydrogens (tertiary/aromatic N) is 4. The molecule has 0 aliphatic rings. The molecule has 5 nitrogen and oxygen atoms in total. The Hall–Kier alpha value is -1.74. The second-order valence-electron chi connectivity index (χ2n) is 6.18. The van der Waals surface area contributed by atoms with Gasteiger partial charge >= 0.3 is 0 Å². The van der Waals surface area contributed by atoms with Gasteiger partial charge in [-0.25, -0.2) is 9.97 Å². The van der Waals surface area contributed by atoms with Gasteiger partial charge in [0.2, 0.25) is 0 Å². The Morgan fingerprint density at radius 3 is 2.82 bits per heavy atom. The Morgan fingerprint density at radius 2 is 2.11 bits per heavy atom. The van der Waals surface area contributed by atoms with Crippen LogP contribution < -0.4 is 4.90 Å². The molecule has 3 aromatic heterocycles. The topological polar surface area (TPSA) is 51.0 Å². The van der Waals surface area contributed by atoms with E-state index in [-0.39, 0.29) is 18.3 Å². The third-order valence-corrected chi connectivity index (χ3v) is 6.80. The molecule has 0 atom stereocenters. The summed E-state index contributed by atoms with van der Waals surface area (Å²) >= 11 is 6.46. The van der Waals surface area contributed by atoms with E-state index in [1.54, 1.807) is 28.8 Å². The molecule has 0 saturated heterocycles. The molecule has 0 radical (unpaired) electrons. The minimum atomic E-state index is -0.00731. The van der Waals surface area contributed by atoms with Gasteiger partial charge in [-0.05, 0) is 59.1 Å². The number of benzene rings is 1. The van der Waals surface area contributed by atoms with Gasteiger partial charge in [0.1, 0.15) is 0 Å². The maximum Gasteiger partial charge on any atom is 0.270 e. The van der Waals surface area contributed by atoms with Crippen LogP contribution in [0.2, 0.25) is 0 Å². The molecule has 0 saturated carbocycles. The van der Waals surface area contributed by atoms with E-state index >= 15 is 0 Å². The van der Waals surface area contributed by atoms with Gasteiger partial charge in [-0.1, -0.05) is 17.4 Å². The molecule has 1 aromatic carbocycles. The maximum atomic E-state index is 13.2. The van der Waals surface area contributed by atoms with Crippen LogP contribution in [0.15, 0.2) is 52.8 Å². The van der Waals surface area contributed by atoms with Crippen LogP contribution in [-0.4, -0.2) is 27.0 Å². The van der Waals surface area contributed by atoms with Crippen LogP contribution in [0.25, 0.3) is 10.2 Å². The lowest BCUT2D eigenvalue weighted by atomic mass is 10.2. The Kier molecular flexibility index (Phi) is 6.87. The summed E-state index contributed by atoms with van der Waals surface area (Å²) in [5, 5.41) is 0.746. The number of halogens is 2. The number of amides is 1. The number of imidazole rings is 1. The lowest BCUT2D eigenvalue weighted by molar-refractivity contribution is 0.0990. The number of aryl methyl sites for hydroxylation is 2. The van der Waals surface area contributed by atoms with Crippen molar-refractivity contribution >= 4 is 72.3 Å². The minimum Gasteiger partial charge on any atom is -0.337 e. The van der Waals surface area contributed by atoms with Crippen molar-refractivity contribution in [2.75, 3.05) is 11.4 Å². The smallest absolute Gasteiger partial charge is 0.270 e. The van der Waals surface area contributed by atoms with Crippen molar-refractivity contribution in [2.45, 2.75) is 19.9 Å². The SMILES string of the molecule is Cc1ccc2nc(N(CCCn3ccnc3)C(=O)c3ccc(Br)s3)sc2c1.Cl. The molecule has 0 fully saturated rings. The largest absolute Gasteiger partial charge is 0.337 e. The average molecular weight is 498 g/mol. The quantitative estimate of drug-likeness (QED) is 0.339. The molecule has 9 heteroatoms. The zero-order valence-electron chi connectivity index (χ0n) is 15.0. The third kappa shape index (κ3) is 4.63. The number of aromatic nitrogens is 3. The lowest BCUT2D eigenvalue weighted by Gasteiger charge is -2.19. The molecule has 0 aliphatic carbocycles. The standard InChI is InChI=1S/C19H17BrN4OS2.ClH/c1-13-3-4-14-16(11-13)27-19(22-14)24(9-2-8-23-10-7-21-12-23)18(25)15-5-6-17(20)26-15;/h3-7,10-12H,2,8-9H2,1H3;1H. The lowest BCUT2D eigenvalue weighted by Crippen LogP contribution is -2.31. The van der Waals surface area contributed by atoms with Gasteiger partial charge in [0, 0.05) is 25.5 Å². The highest BCUT2D eigenvalue weighted by Gasteiger charge is 2.22. The van der Waals surface area contributed by atoms with Gasteiger partial charge in [-0.15, -0.1) is 23.7 Å². The molecule has 28 heavy (non-hydrogen) atoms. The number of rotatable bonds is 6. The number of hydrogen-bond acceptors (Lipinski definition) is 5. The van der Waals surface area contributed by atoms with Crippen molar-refractivity contribution in [1.29, 1.82) is 0 Å². The number of thiazole rings is 1. The highest BCUT2D eigenvalue weighted by atomic mass is 79.9. The zero-order chi connectivity index (χ0) is 18.8. The zero-order valence-corrected chi connectivity index (χ0v) is 19.1. The number of carbonyl (C=O) groups excluding carboxylic acids is 1. The van der Waals surface area contributed by atoms with E-state index in [1.807, 2.05) is 35.0 Å². The van der Waals surface area contributed by atoms with Crippen LogP contribution >= 0.6 is 51.0 Å². The van der Waals surface area contributed by atoms with E-state index in [0.29, 0.717) is 11.4 Å². The summed E-state index contributed by atoms with van der Waals surface area (Å²) in [6.45, 7) is 3.48. The first-order valence-electron chi connectivity index (χ1n) is 8.50. The predicted molar refractivity (Wildman–Crippen MR) is 122 cm³/mol.